The highest BCUT2D eigenvalue weighted by molar-refractivity contribution is 6.30. The Bertz CT molecular complexity index is 572. The number of rotatable bonds is 1. The Balaban J connectivity index is 2.66. The largest absolute Gasteiger partial charge is 0.435 e. The van der Waals surface area contributed by atoms with E-state index < -0.39 is 11.9 Å². The molecule has 0 unspecified atom stereocenters. The van der Waals surface area contributed by atoms with Gasteiger partial charge in [0.05, 0.1) is 5.56 Å². The molecule has 0 spiro atoms. The fraction of sp³-hybridized carbons (Fsp3) is 0.182. The molecule has 2 rings (SSSR count). The predicted octanol–water partition coefficient (Wildman–Crippen LogP) is 3.34. The second-order valence-electron chi connectivity index (χ2n) is 3.74. The van der Waals surface area contributed by atoms with Crippen LogP contribution < -0.4 is 5.73 Å². The normalized spacial score (nSPS) is 11.8. The van der Waals surface area contributed by atoms with Gasteiger partial charge >= 0.3 is 6.18 Å². The Hall–Kier alpha value is -1.69. The van der Waals surface area contributed by atoms with Crippen molar-refractivity contribution >= 4 is 17.4 Å². The summed E-state index contributed by atoms with van der Waals surface area (Å²) in [5.74, 6) is -0.0374. The van der Waals surface area contributed by atoms with Crippen LogP contribution in [0.4, 0.5) is 19.0 Å². The van der Waals surface area contributed by atoms with Gasteiger partial charge in [-0.25, -0.2) is 0 Å². The maximum absolute atomic E-state index is 12.8. The minimum atomic E-state index is -4.55. The highest BCUT2D eigenvalue weighted by Crippen LogP contribution is 2.39. The van der Waals surface area contributed by atoms with E-state index in [0.29, 0.717) is 10.6 Å². The third kappa shape index (κ3) is 2.15. The van der Waals surface area contributed by atoms with Gasteiger partial charge in [-0.2, -0.15) is 18.3 Å². The number of nitrogen functional groups attached to an aromatic ring is 1. The Kier molecular flexibility index (Phi) is 2.98. The maximum Gasteiger partial charge on any atom is 0.435 e. The van der Waals surface area contributed by atoms with Crippen molar-refractivity contribution in [1.82, 2.24) is 9.78 Å². The van der Waals surface area contributed by atoms with E-state index in [-0.39, 0.29) is 11.4 Å². The minimum Gasteiger partial charge on any atom is -0.383 e. The van der Waals surface area contributed by atoms with Crippen LogP contribution in [0.5, 0.6) is 0 Å². The second-order valence-corrected chi connectivity index (χ2v) is 4.17. The van der Waals surface area contributed by atoms with Crippen LogP contribution in [-0.2, 0) is 13.2 Å². The first-order valence-electron chi connectivity index (χ1n) is 4.96. The van der Waals surface area contributed by atoms with Crippen LogP contribution >= 0.6 is 11.6 Å². The molecular formula is C11H9ClF3N3. The molecule has 0 atom stereocenters. The summed E-state index contributed by atoms with van der Waals surface area (Å²) < 4.78 is 39.6. The number of nitrogens with zero attached hydrogens (tertiary/aromatic N) is 2. The van der Waals surface area contributed by atoms with E-state index >= 15 is 0 Å². The molecule has 7 heteroatoms. The lowest BCUT2D eigenvalue weighted by molar-refractivity contribution is -0.140. The van der Waals surface area contributed by atoms with Gasteiger partial charge in [-0.3, -0.25) is 4.68 Å². The number of benzene rings is 1. The van der Waals surface area contributed by atoms with Crippen molar-refractivity contribution in [3.05, 3.63) is 35.0 Å². The smallest absolute Gasteiger partial charge is 0.383 e. The first kappa shape index (κ1) is 12.8. The van der Waals surface area contributed by atoms with Crippen LogP contribution in [0, 0.1) is 0 Å². The molecule has 0 bridgehead atoms. The molecule has 1 aromatic heterocycles. The van der Waals surface area contributed by atoms with Crippen LogP contribution in [0.15, 0.2) is 24.3 Å². The van der Waals surface area contributed by atoms with Crippen molar-refractivity contribution in [2.24, 2.45) is 7.05 Å². The summed E-state index contributed by atoms with van der Waals surface area (Å²) in [6.07, 6.45) is -4.55. The number of alkyl halides is 3. The molecule has 0 fully saturated rings. The third-order valence-electron chi connectivity index (χ3n) is 2.49. The molecule has 0 amide bonds. The number of nitrogens with two attached hydrogens (primary N) is 1. The van der Waals surface area contributed by atoms with E-state index in [1.807, 2.05) is 0 Å². The fourth-order valence-electron chi connectivity index (χ4n) is 1.64. The number of aromatic nitrogens is 2. The lowest BCUT2D eigenvalue weighted by Crippen LogP contribution is -2.08. The molecule has 2 aromatic rings. The van der Waals surface area contributed by atoms with Gasteiger partial charge in [-0.1, -0.05) is 23.7 Å². The number of hydrogen-bond donors (Lipinski definition) is 1. The SMILES string of the molecule is Cn1nc(C(F)(F)F)c(-c2ccc(Cl)cc2)c1N. The molecule has 0 aliphatic carbocycles. The molecule has 1 heterocycles. The van der Waals surface area contributed by atoms with Crippen molar-refractivity contribution in [3.63, 3.8) is 0 Å². The molecule has 0 saturated heterocycles. The van der Waals surface area contributed by atoms with Gasteiger partial charge in [0.1, 0.15) is 5.82 Å². The van der Waals surface area contributed by atoms with Crippen molar-refractivity contribution in [2.45, 2.75) is 6.18 Å². The number of aryl methyl sites for hydroxylation is 1. The zero-order valence-electron chi connectivity index (χ0n) is 9.29. The Morgan fingerprint density at radius 3 is 2.28 bits per heavy atom. The lowest BCUT2D eigenvalue weighted by atomic mass is 10.1. The summed E-state index contributed by atoms with van der Waals surface area (Å²) in [5, 5.41) is 3.85. The summed E-state index contributed by atoms with van der Waals surface area (Å²) >= 11 is 5.70. The van der Waals surface area contributed by atoms with Crippen LogP contribution in [0.3, 0.4) is 0 Å². The summed E-state index contributed by atoms with van der Waals surface area (Å²) in [5.41, 5.74) is 4.85. The molecule has 0 aliphatic rings. The van der Waals surface area contributed by atoms with Crippen molar-refractivity contribution in [2.75, 3.05) is 5.73 Å². The van der Waals surface area contributed by atoms with Gasteiger partial charge in [0.15, 0.2) is 5.69 Å². The van der Waals surface area contributed by atoms with E-state index in [9.17, 15) is 13.2 Å². The summed E-state index contributed by atoms with van der Waals surface area (Å²) in [7, 11) is 1.37. The van der Waals surface area contributed by atoms with E-state index in [4.69, 9.17) is 17.3 Å². The maximum atomic E-state index is 12.8. The molecule has 18 heavy (non-hydrogen) atoms. The van der Waals surface area contributed by atoms with Crippen LogP contribution in [0.25, 0.3) is 11.1 Å². The Morgan fingerprint density at radius 2 is 1.78 bits per heavy atom. The van der Waals surface area contributed by atoms with E-state index in [2.05, 4.69) is 5.10 Å². The van der Waals surface area contributed by atoms with E-state index in [1.54, 1.807) is 0 Å². The average Bonchev–Trinajstić information content (AvgIpc) is 2.57. The first-order valence-corrected chi connectivity index (χ1v) is 5.34. The summed E-state index contributed by atoms with van der Waals surface area (Å²) in [6.45, 7) is 0. The Labute approximate surface area is 106 Å². The topological polar surface area (TPSA) is 43.8 Å². The lowest BCUT2D eigenvalue weighted by Gasteiger charge is -2.07. The van der Waals surface area contributed by atoms with Crippen LogP contribution in [0.2, 0.25) is 5.02 Å². The molecule has 0 radical (unpaired) electrons. The van der Waals surface area contributed by atoms with Crippen molar-refractivity contribution < 1.29 is 13.2 Å². The monoisotopic (exact) mass is 275 g/mol. The molecule has 2 N–H and O–H groups in total. The average molecular weight is 276 g/mol. The number of hydrogen-bond acceptors (Lipinski definition) is 2. The second kappa shape index (κ2) is 4.20. The Morgan fingerprint density at radius 1 is 1.22 bits per heavy atom. The molecule has 1 aromatic carbocycles. The van der Waals surface area contributed by atoms with Gasteiger partial charge in [0.25, 0.3) is 0 Å². The number of anilines is 1. The quantitative estimate of drug-likeness (QED) is 0.867. The molecule has 3 nitrogen and oxygen atoms in total. The van der Waals surface area contributed by atoms with Gasteiger partial charge in [-0.15, -0.1) is 0 Å². The van der Waals surface area contributed by atoms with Gasteiger partial charge in [-0.05, 0) is 17.7 Å². The zero-order valence-corrected chi connectivity index (χ0v) is 10.0. The van der Waals surface area contributed by atoms with E-state index in [1.165, 1.54) is 31.3 Å². The summed E-state index contributed by atoms with van der Waals surface area (Å²) in [6, 6.07) is 5.96. The molecule has 0 aliphatic heterocycles. The van der Waals surface area contributed by atoms with Crippen LogP contribution in [-0.4, -0.2) is 9.78 Å². The first-order chi connectivity index (χ1) is 8.30. The third-order valence-corrected chi connectivity index (χ3v) is 2.74. The van der Waals surface area contributed by atoms with Gasteiger partial charge in [0.2, 0.25) is 0 Å². The number of halogens is 4. The van der Waals surface area contributed by atoms with Gasteiger partial charge < -0.3 is 5.73 Å². The molecular weight excluding hydrogens is 267 g/mol. The molecule has 96 valence electrons. The van der Waals surface area contributed by atoms with Crippen molar-refractivity contribution in [1.29, 1.82) is 0 Å². The minimum absolute atomic E-state index is 0.0374. The van der Waals surface area contributed by atoms with Crippen LogP contribution in [0.1, 0.15) is 5.69 Å². The van der Waals surface area contributed by atoms with Crippen molar-refractivity contribution in [3.8, 4) is 11.1 Å². The highest BCUT2D eigenvalue weighted by Gasteiger charge is 2.38. The highest BCUT2D eigenvalue weighted by atomic mass is 35.5. The summed E-state index contributed by atoms with van der Waals surface area (Å²) in [4.78, 5) is 0. The molecule has 0 saturated carbocycles. The van der Waals surface area contributed by atoms with Gasteiger partial charge in [0, 0.05) is 12.1 Å². The zero-order chi connectivity index (χ0) is 13.5. The standard InChI is InChI=1S/C11H9ClF3N3/c1-18-10(16)8(9(17-18)11(13,14)15)6-2-4-7(12)5-3-6/h2-5H,16H2,1H3. The fourth-order valence-corrected chi connectivity index (χ4v) is 1.76. The predicted molar refractivity (Wildman–Crippen MR) is 63.1 cm³/mol. The van der Waals surface area contributed by atoms with E-state index in [0.717, 1.165) is 4.68 Å².